The molecule has 0 aromatic heterocycles. The summed E-state index contributed by atoms with van der Waals surface area (Å²) < 4.78 is 5.56. The molecule has 2 aliphatic rings. The van der Waals surface area contributed by atoms with Crippen molar-refractivity contribution >= 4 is 34.9 Å². The average Bonchev–Trinajstić information content (AvgIpc) is 3.53. The van der Waals surface area contributed by atoms with Crippen LogP contribution in [-0.4, -0.2) is 40.4 Å². The Labute approximate surface area is 245 Å². The molecule has 1 unspecified atom stereocenters. The van der Waals surface area contributed by atoms with Crippen LogP contribution in [0.4, 0.5) is 5.69 Å². The number of carboxylic acids is 1. The van der Waals surface area contributed by atoms with Crippen molar-refractivity contribution in [1.29, 1.82) is 0 Å². The van der Waals surface area contributed by atoms with Crippen LogP contribution < -0.4 is 5.32 Å². The van der Waals surface area contributed by atoms with Crippen molar-refractivity contribution in [2.75, 3.05) is 11.9 Å². The third-order valence-electron chi connectivity index (χ3n) is 7.86. The highest BCUT2D eigenvalue weighted by molar-refractivity contribution is 5.98. The second-order valence-corrected chi connectivity index (χ2v) is 10.7. The molecule has 42 heavy (non-hydrogen) atoms. The Morgan fingerprint density at radius 3 is 2.48 bits per heavy atom. The molecule has 216 valence electrons. The van der Waals surface area contributed by atoms with Gasteiger partial charge in [-0.2, -0.15) is 0 Å². The van der Waals surface area contributed by atoms with E-state index in [-0.39, 0.29) is 30.3 Å². The van der Waals surface area contributed by atoms with Crippen molar-refractivity contribution < 1.29 is 24.2 Å². The number of hydrogen-bond acceptors (Lipinski definition) is 5. The zero-order valence-electron chi connectivity index (χ0n) is 23.7. The van der Waals surface area contributed by atoms with Crippen LogP contribution in [-0.2, 0) is 25.7 Å². The normalized spacial score (nSPS) is 16.5. The number of benzene rings is 3. The molecule has 8 heteroatoms. The number of nitrogens with one attached hydrogen (secondary N) is 1. The minimum atomic E-state index is -0.993. The van der Waals surface area contributed by atoms with E-state index in [1.165, 1.54) is 11.1 Å². The van der Waals surface area contributed by atoms with Crippen LogP contribution in [0.2, 0.25) is 0 Å². The topological polar surface area (TPSA) is 108 Å². The SMILES string of the molecule is CC/C(=C\C(=O)O)c1cccc(NC(=O)C(c2ccc(CN3N=C(c4ccccc4)OCC3=O)cc2)C2CCCC2)c1. The molecule has 0 radical (unpaired) electrons. The van der Waals surface area contributed by atoms with Crippen LogP contribution in [0, 0.1) is 5.92 Å². The van der Waals surface area contributed by atoms with E-state index in [4.69, 9.17) is 4.74 Å². The Bertz CT molecular complexity index is 1490. The molecule has 2 N–H and O–H groups in total. The maximum absolute atomic E-state index is 13.7. The lowest BCUT2D eigenvalue weighted by Crippen LogP contribution is -2.36. The van der Waals surface area contributed by atoms with Crippen LogP contribution in [0.5, 0.6) is 0 Å². The number of anilines is 1. The van der Waals surface area contributed by atoms with E-state index in [1.807, 2.05) is 85.8 Å². The molecule has 2 amide bonds. The summed E-state index contributed by atoms with van der Waals surface area (Å²) in [6, 6.07) is 24.7. The highest BCUT2D eigenvalue weighted by Gasteiger charge is 2.32. The third kappa shape index (κ3) is 6.94. The number of hydrazone groups is 1. The van der Waals surface area contributed by atoms with E-state index < -0.39 is 5.97 Å². The second kappa shape index (κ2) is 13.3. The molecule has 1 heterocycles. The standard InChI is InChI=1S/C34H35N3O5/c1-2-24(20-31(39)40)28-13-8-14-29(19-28)35-33(41)32(25-9-6-7-10-25)26-17-15-23(16-18-26)21-37-30(38)22-42-34(36-37)27-11-4-3-5-12-27/h3-5,8,11-20,25,32H,2,6-7,9-10,21-22H2,1H3,(H,35,41)(H,39,40)/b24-20+. The smallest absolute Gasteiger partial charge is 0.328 e. The number of rotatable bonds is 10. The first-order valence-corrected chi connectivity index (χ1v) is 14.4. The lowest BCUT2D eigenvalue weighted by atomic mass is 9.83. The Kier molecular flexibility index (Phi) is 9.12. The molecule has 1 saturated carbocycles. The highest BCUT2D eigenvalue weighted by atomic mass is 16.5. The largest absolute Gasteiger partial charge is 0.478 e. The number of aliphatic carboxylic acids is 1. The fraction of sp³-hybridized carbons (Fsp3) is 0.294. The Hall–Kier alpha value is -4.72. The van der Waals surface area contributed by atoms with E-state index in [2.05, 4.69) is 10.4 Å². The molecule has 5 rings (SSSR count). The van der Waals surface area contributed by atoms with Gasteiger partial charge in [-0.05, 0) is 71.7 Å². The molecule has 1 fully saturated rings. The second-order valence-electron chi connectivity index (χ2n) is 10.7. The summed E-state index contributed by atoms with van der Waals surface area (Å²) in [5.41, 5.74) is 4.75. The summed E-state index contributed by atoms with van der Waals surface area (Å²) in [6.07, 6.45) is 5.95. The van der Waals surface area contributed by atoms with E-state index in [0.29, 0.717) is 30.1 Å². The van der Waals surface area contributed by atoms with Gasteiger partial charge in [-0.3, -0.25) is 9.59 Å². The number of carboxylic acid groups (broad SMARTS) is 1. The number of hydrogen-bond donors (Lipinski definition) is 2. The van der Waals surface area contributed by atoms with Crippen molar-refractivity contribution in [3.63, 3.8) is 0 Å². The Balaban J connectivity index is 1.33. The van der Waals surface area contributed by atoms with Gasteiger partial charge in [0.2, 0.25) is 11.8 Å². The van der Waals surface area contributed by atoms with Crippen LogP contribution in [0.25, 0.3) is 5.57 Å². The van der Waals surface area contributed by atoms with Gasteiger partial charge in [0, 0.05) is 17.3 Å². The van der Waals surface area contributed by atoms with Gasteiger partial charge >= 0.3 is 5.97 Å². The average molecular weight is 566 g/mol. The van der Waals surface area contributed by atoms with Crippen molar-refractivity contribution in [3.8, 4) is 0 Å². The first-order chi connectivity index (χ1) is 20.4. The summed E-state index contributed by atoms with van der Waals surface area (Å²) >= 11 is 0. The van der Waals surface area contributed by atoms with Gasteiger partial charge < -0.3 is 15.2 Å². The molecule has 3 aromatic carbocycles. The maximum Gasteiger partial charge on any atom is 0.328 e. The van der Waals surface area contributed by atoms with Gasteiger partial charge in [-0.25, -0.2) is 9.80 Å². The van der Waals surface area contributed by atoms with Gasteiger partial charge in [0.05, 0.1) is 12.5 Å². The van der Waals surface area contributed by atoms with Gasteiger partial charge in [0.15, 0.2) is 6.61 Å². The van der Waals surface area contributed by atoms with Crippen molar-refractivity contribution in [3.05, 3.63) is 107 Å². The molecular weight excluding hydrogens is 530 g/mol. The number of amides is 2. The predicted molar refractivity (Wildman–Crippen MR) is 162 cm³/mol. The van der Waals surface area contributed by atoms with Gasteiger partial charge in [-0.1, -0.05) is 74.4 Å². The van der Waals surface area contributed by atoms with Crippen LogP contribution in [0.3, 0.4) is 0 Å². The predicted octanol–water partition coefficient (Wildman–Crippen LogP) is 6.20. The molecule has 0 spiro atoms. The van der Waals surface area contributed by atoms with Gasteiger partial charge in [-0.15, -0.1) is 5.10 Å². The van der Waals surface area contributed by atoms with Crippen LogP contribution >= 0.6 is 0 Å². The number of allylic oxidation sites excluding steroid dienone is 1. The maximum atomic E-state index is 13.7. The molecule has 8 nitrogen and oxygen atoms in total. The fourth-order valence-electron chi connectivity index (χ4n) is 5.73. The Morgan fingerprint density at radius 1 is 1.05 bits per heavy atom. The molecule has 0 saturated heterocycles. The molecule has 1 aliphatic heterocycles. The molecular formula is C34H35N3O5. The van der Waals surface area contributed by atoms with E-state index in [0.717, 1.165) is 47.9 Å². The molecule has 0 bridgehead atoms. The molecule has 3 aromatic rings. The summed E-state index contributed by atoms with van der Waals surface area (Å²) in [6.45, 7) is 2.14. The number of carbonyl (C=O) groups is 3. The number of ether oxygens (including phenoxy) is 1. The number of carbonyl (C=O) groups excluding carboxylic acids is 2. The zero-order chi connectivity index (χ0) is 29.5. The number of nitrogens with zero attached hydrogens (tertiary/aromatic N) is 2. The minimum absolute atomic E-state index is 0.0667. The van der Waals surface area contributed by atoms with Crippen molar-refractivity contribution in [2.24, 2.45) is 11.0 Å². The monoisotopic (exact) mass is 565 g/mol. The fourth-order valence-corrected chi connectivity index (χ4v) is 5.73. The molecule has 1 aliphatic carbocycles. The zero-order valence-corrected chi connectivity index (χ0v) is 23.7. The minimum Gasteiger partial charge on any atom is -0.478 e. The highest BCUT2D eigenvalue weighted by Crippen LogP contribution is 2.38. The lowest BCUT2D eigenvalue weighted by molar-refractivity contribution is -0.136. The molecule has 1 atom stereocenters. The van der Waals surface area contributed by atoms with E-state index >= 15 is 0 Å². The summed E-state index contributed by atoms with van der Waals surface area (Å²) in [4.78, 5) is 37.5. The van der Waals surface area contributed by atoms with E-state index in [9.17, 15) is 19.5 Å². The first-order valence-electron chi connectivity index (χ1n) is 14.4. The lowest BCUT2D eigenvalue weighted by Gasteiger charge is -2.25. The van der Waals surface area contributed by atoms with Gasteiger partial charge in [0.25, 0.3) is 5.91 Å². The summed E-state index contributed by atoms with van der Waals surface area (Å²) in [5.74, 6) is -0.957. The summed E-state index contributed by atoms with van der Waals surface area (Å²) in [7, 11) is 0. The van der Waals surface area contributed by atoms with E-state index in [1.54, 1.807) is 0 Å². The van der Waals surface area contributed by atoms with Crippen molar-refractivity contribution in [2.45, 2.75) is 51.5 Å². The van der Waals surface area contributed by atoms with Gasteiger partial charge in [0.1, 0.15) is 0 Å². The first kappa shape index (κ1) is 28.8. The quantitative estimate of drug-likeness (QED) is 0.285. The van der Waals surface area contributed by atoms with Crippen molar-refractivity contribution in [1.82, 2.24) is 5.01 Å². The Morgan fingerprint density at radius 2 is 1.79 bits per heavy atom. The summed E-state index contributed by atoms with van der Waals surface area (Å²) in [5, 5.41) is 18.2. The third-order valence-corrected chi connectivity index (χ3v) is 7.86. The van der Waals surface area contributed by atoms with Crippen LogP contribution in [0.15, 0.2) is 90.0 Å². The van der Waals surface area contributed by atoms with Crippen LogP contribution in [0.1, 0.15) is 67.2 Å².